The number of pyridine rings is 2. The van der Waals surface area contributed by atoms with Crippen molar-refractivity contribution in [1.82, 2.24) is 30.0 Å². The van der Waals surface area contributed by atoms with Crippen molar-refractivity contribution in [3.05, 3.63) is 48.7 Å². The number of rotatable bonds is 6. The Labute approximate surface area is 192 Å². The maximum atomic E-state index is 12.3. The number of amides is 1. The summed E-state index contributed by atoms with van der Waals surface area (Å²) in [5, 5.41) is 12.2. The molecule has 3 aromatic heterocycles. The van der Waals surface area contributed by atoms with Crippen molar-refractivity contribution in [2.75, 3.05) is 6.61 Å². The number of nitrogens with one attached hydrogen (secondary N) is 1. The molecule has 3 heterocycles. The number of nitrogens with zero attached hydrogens (tertiary/aromatic N) is 5. The van der Waals surface area contributed by atoms with Crippen LogP contribution in [0.1, 0.15) is 52.8 Å². The number of alkyl carbamates (subject to hydrolysis) is 1. The third kappa shape index (κ3) is 3.81. The molecule has 2 bridgehead atoms. The molecule has 6 rings (SSSR count). The molecular formula is C24H28N6O3. The minimum atomic E-state index is -0.521. The molecule has 3 fully saturated rings. The molecule has 3 aliphatic rings. The van der Waals surface area contributed by atoms with Crippen molar-refractivity contribution in [1.29, 1.82) is 0 Å². The van der Waals surface area contributed by atoms with Gasteiger partial charge in [-0.25, -0.2) is 9.78 Å². The average Bonchev–Trinajstić information content (AvgIpc) is 3.14. The SMILES string of the molecule is CCOc1ccc(-c2nnc(C34CC(NC(=O)OC(C)(C)C)(C3)C4)n2-c2ccncc2)nc1. The fourth-order valence-corrected chi connectivity index (χ4v) is 4.97. The van der Waals surface area contributed by atoms with Gasteiger partial charge >= 0.3 is 6.09 Å². The van der Waals surface area contributed by atoms with Crippen LogP contribution in [0.25, 0.3) is 17.2 Å². The van der Waals surface area contributed by atoms with Gasteiger partial charge in [0.2, 0.25) is 0 Å². The minimum absolute atomic E-state index is 0.130. The van der Waals surface area contributed by atoms with E-state index in [0.29, 0.717) is 23.9 Å². The Morgan fingerprint density at radius 3 is 2.45 bits per heavy atom. The predicted molar refractivity (Wildman–Crippen MR) is 121 cm³/mol. The number of ether oxygens (including phenoxy) is 2. The Kier molecular flexibility index (Phi) is 4.88. The predicted octanol–water partition coefficient (Wildman–Crippen LogP) is 3.82. The third-order valence-corrected chi connectivity index (χ3v) is 6.13. The van der Waals surface area contributed by atoms with Gasteiger partial charge in [0.25, 0.3) is 0 Å². The van der Waals surface area contributed by atoms with Gasteiger partial charge in [-0.2, -0.15) is 0 Å². The van der Waals surface area contributed by atoms with Crippen molar-refractivity contribution in [3.8, 4) is 23.0 Å². The maximum absolute atomic E-state index is 12.3. The molecule has 0 unspecified atom stereocenters. The van der Waals surface area contributed by atoms with Gasteiger partial charge in [0, 0.05) is 23.3 Å². The quantitative estimate of drug-likeness (QED) is 0.611. The second-order valence-corrected chi connectivity index (χ2v) is 9.92. The van der Waals surface area contributed by atoms with Gasteiger partial charge in [0.15, 0.2) is 5.82 Å². The van der Waals surface area contributed by atoms with Crippen LogP contribution < -0.4 is 10.1 Å². The first-order valence-electron chi connectivity index (χ1n) is 11.2. The van der Waals surface area contributed by atoms with Crippen LogP contribution in [0.15, 0.2) is 42.9 Å². The molecule has 0 saturated heterocycles. The lowest BCUT2D eigenvalue weighted by Gasteiger charge is -2.69. The van der Waals surface area contributed by atoms with Crippen LogP contribution >= 0.6 is 0 Å². The highest BCUT2D eigenvalue weighted by Crippen LogP contribution is 2.67. The topological polar surface area (TPSA) is 104 Å². The van der Waals surface area contributed by atoms with E-state index in [-0.39, 0.29) is 17.0 Å². The second kappa shape index (κ2) is 7.54. The monoisotopic (exact) mass is 448 g/mol. The zero-order chi connectivity index (χ0) is 23.3. The average molecular weight is 449 g/mol. The van der Waals surface area contributed by atoms with Crippen LogP contribution in [0.5, 0.6) is 5.75 Å². The van der Waals surface area contributed by atoms with Crippen LogP contribution in [-0.2, 0) is 10.2 Å². The van der Waals surface area contributed by atoms with E-state index in [1.54, 1.807) is 18.6 Å². The number of aromatic nitrogens is 5. The van der Waals surface area contributed by atoms with E-state index in [1.807, 2.05) is 52.0 Å². The molecule has 9 heteroatoms. The molecule has 0 spiro atoms. The lowest BCUT2D eigenvalue weighted by atomic mass is 9.39. The standard InChI is InChI=1S/C24H28N6O3/c1-5-32-17-6-7-18(26-12-17)19-28-29-20(30(19)16-8-10-25-11-9-16)23-13-24(14-23,15-23)27-21(31)33-22(2,3)4/h6-12H,5,13-15H2,1-4H3,(H,27,31). The minimum Gasteiger partial charge on any atom is -0.492 e. The summed E-state index contributed by atoms with van der Waals surface area (Å²) in [5.41, 5.74) is 0.757. The first kappa shape index (κ1) is 21.4. The summed E-state index contributed by atoms with van der Waals surface area (Å²) in [4.78, 5) is 21.0. The zero-order valence-electron chi connectivity index (χ0n) is 19.3. The first-order valence-corrected chi connectivity index (χ1v) is 11.2. The van der Waals surface area contributed by atoms with E-state index < -0.39 is 5.60 Å². The van der Waals surface area contributed by atoms with Gasteiger partial charge in [0.1, 0.15) is 22.9 Å². The molecule has 3 aromatic rings. The van der Waals surface area contributed by atoms with E-state index in [4.69, 9.17) is 9.47 Å². The van der Waals surface area contributed by atoms with E-state index in [2.05, 4.69) is 30.0 Å². The smallest absolute Gasteiger partial charge is 0.408 e. The molecule has 33 heavy (non-hydrogen) atoms. The number of hydrogen-bond acceptors (Lipinski definition) is 7. The van der Waals surface area contributed by atoms with Crippen LogP contribution in [0.4, 0.5) is 4.79 Å². The lowest BCUT2D eigenvalue weighted by molar-refractivity contribution is -0.0944. The highest BCUT2D eigenvalue weighted by Gasteiger charge is 2.71. The molecule has 9 nitrogen and oxygen atoms in total. The summed E-state index contributed by atoms with van der Waals surface area (Å²) in [6.07, 6.45) is 7.25. The summed E-state index contributed by atoms with van der Waals surface area (Å²) >= 11 is 0. The molecule has 172 valence electrons. The van der Waals surface area contributed by atoms with Crippen LogP contribution in [0, 0.1) is 0 Å². The van der Waals surface area contributed by atoms with E-state index in [9.17, 15) is 4.79 Å². The van der Waals surface area contributed by atoms with Crippen molar-refractivity contribution in [2.24, 2.45) is 0 Å². The van der Waals surface area contributed by atoms with Gasteiger partial charge in [-0.05, 0) is 71.2 Å². The number of hydrogen-bond donors (Lipinski definition) is 1. The summed E-state index contributed by atoms with van der Waals surface area (Å²) in [6, 6.07) is 7.65. The summed E-state index contributed by atoms with van der Waals surface area (Å²) in [5.74, 6) is 2.26. The zero-order valence-corrected chi connectivity index (χ0v) is 19.3. The highest BCUT2D eigenvalue weighted by atomic mass is 16.6. The second-order valence-electron chi connectivity index (χ2n) is 9.92. The Hall–Kier alpha value is -3.49. The molecule has 0 aliphatic heterocycles. The maximum Gasteiger partial charge on any atom is 0.408 e. The molecule has 1 N–H and O–H groups in total. The normalized spacial score (nSPS) is 23.3. The summed E-state index contributed by atoms with van der Waals surface area (Å²) < 4.78 is 13.0. The van der Waals surface area contributed by atoms with Crippen molar-refractivity contribution < 1.29 is 14.3 Å². The van der Waals surface area contributed by atoms with Crippen molar-refractivity contribution in [2.45, 2.75) is 63.5 Å². The third-order valence-electron chi connectivity index (χ3n) is 6.13. The molecule has 0 radical (unpaired) electrons. The molecule has 0 aromatic carbocycles. The van der Waals surface area contributed by atoms with Crippen LogP contribution in [0.3, 0.4) is 0 Å². The Bertz CT molecular complexity index is 1150. The molecule has 0 atom stereocenters. The van der Waals surface area contributed by atoms with Gasteiger partial charge in [-0.1, -0.05) is 0 Å². The van der Waals surface area contributed by atoms with E-state index >= 15 is 0 Å². The van der Waals surface area contributed by atoms with E-state index in [1.165, 1.54) is 0 Å². The largest absolute Gasteiger partial charge is 0.492 e. The van der Waals surface area contributed by atoms with Crippen LogP contribution in [-0.4, -0.2) is 48.6 Å². The summed E-state index contributed by atoms with van der Waals surface area (Å²) in [7, 11) is 0. The molecule has 1 amide bonds. The van der Waals surface area contributed by atoms with Crippen molar-refractivity contribution >= 4 is 6.09 Å². The van der Waals surface area contributed by atoms with Gasteiger partial charge in [-0.3, -0.25) is 9.55 Å². The lowest BCUT2D eigenvalue weighted by Crippen LogP contribution is -2.77. The Morgan fingerprint density at radius 2 is 1.85 bits per heavy atom. The molecule has 3 aliphatic carbocycles. The first-order chi connectivity index (χ1) is 15.7. The van der Waals surface area contributed by atoms with Gasteiger partial charge in [0.05, 0.1) is 18.5 Å². The summed E-state index contributed by atoms with van der Waals surface area (Å²) in [6.45, 7) is 8.12. The highest BCUT2D eigenvalue weighted by molar-refractivity contribution is 5.70. The van der Waals surface area contributed by atoms with E-state index in [0.717, 1.165) is 30.8 Å². The fraction of sp³-hybridized carbons (Fsp3) is 0.458. The Morgan fingerprint density at radius 1 is 1.12 bits per heavy atom. The van der Waals surface area contributed by atoms with Crippen LogP contribution in [0.2, 0.25) is 0 Å². The Balaban J connectivity index is 1.43. The number of carbonyl (C=O) groups excluding carboxylic acids is 1. The van der Waals surface area contributed by atoms with Crippen molar-refractivity contribution in [3.63, 3.8) is 0 Å². The van der Waals surface area contributed by atoms with Gasteiger partial charge in [-0.15, -0.1) is 10.2 Å². The molecule has 3 saturated carbocycles. The number of carbonyl (C=O) groups is 1. The van der Waals surface area contributed by atoms with Gasteiger partial charge < -0.3 is 14.8 Å². The fourth-order valence-electron chi connectivity index (χ4n) is 4.97. The molecular weight excluding hydrogens is 420 g/mol.